The van der Waals surface area contributed by atoms with Gasteiger partial charge in [0, 0.05) is 24.2 Å². The molecule has 4 nitrogen and oxygen atoms in total. The molecule has 0 atom stereocenters. The monoisotopic (exact) mass is 314 g/mol. The van der Waals surface area contributed by atoms with Crippen LogP contribution in [0.5, 0.6) is 0 Å². The smallest absolute Gasteiger partial charge is 0.130 e. The molecule has 0 saturated heterocycles. The lowest BCUT2D eigenvalue weighted by molar-refractivity contribution is 0.641. The van der Waals surface area contributed by atoms with Gasteiger partial charge >= 0.3 is 0 Å². The molecule has 1 aromatic carbocycles. The molecule has 2 aromatic rings. The van der Waals surface area contributed by atoms with Crippen molar-refractivity contribution in [3.05, 3.63) is 53.2 Å². The van der Waals surface area contributed by atoms with E-state index in [0.717, 1.165) is 36.8 Å². The van der Waals surface area contributed by atoms with Crippen LogP contribution < -0.4 is 10.6 Å². The molecule has 0 unspecified atom stereocenters. The van der Waals surface area contributed by atoms with Gasteiger partial charge in [0.1, 0.15) is 5.82 Å². The number of fused-ring (bicyclic) bond motifs is 1. The van der Waals surface area contributed by atoms with E-state index < -0.39 is 0 Å². The molecule has 1 aromatic heterocycles. The average molecular weight is 314 g/mol. The molecule has 0 spiro atoms. The van der Waals surface area contributed by atoms with Gasteiger partial charge in [-0.3, -0.25) is 4.31 Å². The summed E-state index contributed by atoms with van der Waals surface area (Å²) in [4.78, 5) is 4.52. The minimum Gasteiger partial charge on any atom is -0.340 e. The second-order valence-corrected chi connectivity index (χ2v) is 6.95. The minimum atomic E-state index is 0.915. The zero-order valence-electron chi connectivity index (χ0n) is 13.1. The highest BCUT2D eigenvalue weighted by Gasteiger charge is 2.09. The van der Waals surface area contributed by atoms with Gasteiger partial charge in [0.05, 0.1) is 0 Å². The summed E-state index contributed by atoms with van der Waals surface area (Å²) in [7, 11) is 4.13. The SMILES string of the molecule is CN(C)SCc1ccc(Nc2cc3c(cn2)CCNC3)cc1. The molecule has 0 radical (unpaired) electrons. The maximum Gasteiger partial charge on any atom is 0.130 e. The van der Waals surface area contributed by atoms with Gasteiger partial charge in [0.2, 0.25) is 0 Å². The van der Waals surface area contributed by atoms with E-state index in [9.17, 15) is 0 Å². The highest BCUT2D eigenvalue weighted by atomic mass is 32.2. The van der Waals surface area contributed by atoms with Crippen LogP contribution in [0.15, 0.2) is 36.5 Å². The molecule has 3 rings (SSSR count). The van der Waals surface area contributed by atoms with Crippen molar-refractivity contribution in [2.24, 2.45) is 0 Å². The van der Waals surface area contributed by atoms with Gasteiger partial charge in [0.15, 0.2) is 0 Å². The summed E-state index contributed by atoms with van der Waals surface area (Å²) in [6.07, 6.45) is 3.07. The van der Waals surface area contributed by atoms with Crippen LogP contribution in [-0.2, 0) is 18.7 Å². The third-order valence-electron chi connectivity index (χ3n) is 3.69. The number of hydrogen-bond donors (Lipinski definition) is 2. The van der Waals surface area contributed by atoms with Crippen LogP contribution in [0.1, 0.15) is 16.7 Å². The van der Waals surface area contributed by atoms with Gasteiger partial charge in [-0.2, -0.15) is 0 Å². The van der Waals surface area contributed by atoms with Crippen LogP contribution in [0.25, 0.3) is 0 Å². The van der Waals surface area contributed by atoms with Crippen molar-refractivity contribution in [2.75, 3.05) is 26.0 Å². The Morgan fingerprint density at radius 3 is 2.82 bits per heavy atom. The lowest BCUT2D eigenvalue weighted by atomic mass is 10.0. The van der Waals surface area contributed by atoms with Crippen molar-refractivity contribution in [1.82, 2.24) is 14.6 Å². The summed E-state index contributed by atoms with van der Waals surface area (Å²) >= 11 is 1.80. The molecule has 22 heavy (non-hydrogen) atoms. The van der Waals surface area contributed by atoms with E-state index in [1.54, 1.807) is 11.9 Å². The largest absolute Gasteiger partial charge is 0.340 e. The molecule has 0 saturated carbocycles. The molecule has 1 aliphatic rings. The Balaban J connectivity index is 1.65. The molecule has 0 bridgehead atoms. The van der Waals surface area contributed by atoms with Crippen molar-refractivity contribution in [3.8, 4) is 0 Å². The number of pyridine rings is 1. The summed E-state index contributed by atoms with van der Waals surface area (Å²) < 4.78 is 2.12. The Kier molecular flexibility index (Phi) is 4.97. The number of benzene rings is 1. The van der Waals surface area contributed by atoms with Crippen molar-refractivity contribution in [1.29, 1.82) is 0 Å². The number of nitrogens with one attached hydrogen (secondary N) is 2. The van der Waals surface area contributed by atoms with E-state index in [1.165, 1.54) is 16.7 Å². The Labute approximate surface area is 136 Å². The Morgan fingerprint density at radius 1 is 1.23 bits per heavy atom. The molecular formula is C17H22N4S. The van der Waals surface area contributed by atoms with Crippen molar-refractivity contribution >= 4 is 23.5 Å². The highest BCUT2D eigenvalue weighted by molar-refractivity contribution is 7.96. The van der Waals surface area contributed by atoms with Crippen molar-refractivity contribution in [2.45, 2.75) is 18.7 Å². The number of aromatic nitrogens is 1. The zero-order valence-corrected chi connectivity index (χ0v) is 13.9. The molecule has 1 aliphatic heterocycles. The van der Waals surface area contributed by atoms with Crippen LogP contribution >= 0.6 is 11.9 Å². The molecule has 5 heteroatoms. The van der Waals surface area contributed by atoms with Crippen LogP contribution in [0.3, 0.4) is 0 Å². The van der Waals surface area contributed by atoms with Crippen LogP contribution in [0.4, 0.5) is 11.5 Å². The molecule has 0 aliphatic carbocycles. The minimum absolute atomic E-state index is 0.915. The fraction of sp³-hybridized carbons (Fsp3) is 0.353. The van der Waals surface area contributed by atoms with Crippen LogP contribution in [0, 0.1) is 0 Å². The van der Waals surface area contributed by atoms with Gasteiger partial charge in [-0.15, -0.1) is 0 Å². The van der Waals surface area contributed by atoms with Crippen molar-refractivity contribution in [3.63, 3.8) is 0 Å². The average Bonchev–Trinajstić information content (AvgIpc) is 2.54. The Hall–Kier alpha value is -1.56. The van der Waals surface area contributed by atoms with E-state index in [-0.39, 0.29) is 0 Å². The molecule has 0 amide bonds. The third-order valence-corrected chi connectivity index (χ3v) is 4.66. The van der Waals surface area contributed by atoms with Crippen molar-refractivity contribution < 1.29 is 0 Å². The predicted octanol–water partition coefficient (Wildman–Crippen LogP) is 3.18. The third kappa shape index (κ3) is 4.00. The van der Waals surface area contributed by atoms with Gasteiger partial charge in [-0.1, -0.05) is 24.1 Å². The van der Waals surface area contributed by atoms with Crippen LogP contribution in [0.2, 0.25) is 0 Å². The lowest BCUT2D eigenvalue weighted by Crippen LogP contribution is -2.23. The molecule has 0 fully saturated rings. The normalized spacial score (nSPS) is 14.0. The second-order valence-electron chi connectivity index (χ2n) is 5.67. The fourth-order valence-corrected chi connectivity index (χ4v) is 3.07. The van der Waals surface area contributed by atoms with Gasteiger partial charge in [-0.05, 0) is 62.0 Å². The first-order valence-electron chi connectivity index (χ1n) is 7.55. The Bertz CT molecular complexity index is 625. The lowest BCUT2D eigenvalue weighted by Gasteiger charge is -2.17. The van der Waals surface area contributed by atoms with E-state index in [0.29, 0.717) is 0 Å². The number of rotatable bonds is 5. The first-order chi connectivity index (χ1) is 10.7. The summed E-state index contributed by atoms with van der Waals surface area (Å²) in [6, 6.07) is 10.7. The number of nitrogens with zero attached hydrogens (tertiary/aromatic N) is 2. The molecular weight excluding hydrogens is 292 g/mol. The second kappa shape index (κ2) is 7.13. The molecule has 2 N–H and O–H groups in total. The Morgan fingerprint density at radius 2 is 2.05 bits per heavy atom. The molecule has 116 valence electrons. The first kappa shape index (κ1) is 15.3. The number of anilines is 2. The van der Waals surface area contributed by atoms with Gasteiger partial charge < -0.3 is 10.6 Å². The molecule has 2 heterocycles. The maximum atomic E-state index is 4.52. The summed E-state index contributed by atoms with van der Waals surface area (Å²) in [5.74, 6) is 1.91. The van der Waals surface area contributed by atoms with E-state index in [4.69, 9.17) is 0 Å². The predicted molar refractivity (Wildman–Crippen MR) is 94.4 cm³/mol. The van der Waals surface area contributed by atoms with E-state index in [2.05, 4.69) is 64.3 Å². The quantitative estimate of drug-likeness (QED) is 0.830. The van der Waals surface area contributed by atoms with Crippen LogP contribution in [-0.4, -0.2) is 29.9 Å². The standard InChI is InChI=1S/C17H22N4S/c1-21(2)22-12-13-3-5-16(6-4-13)20-17-9-15-10-18-8-7-14(15)11-19-17/h3-6,9,11,18H,7-8,10,12H2,1-2H3,(H,19,20). The first-order valence-corrected chi connectivity index (χ1v) is 8.50. The summed E-state index contributed by atoms with van der Waals surface area (Å²) in [5, 5.41) is 6.79. The fourth-order valence-electron chi connectivity index (χ4n) is 2.47. The van der Waals surface area contributed by atoms with Gasteiger partial charge in [-0.25, -0.2) is 4.98 Å². The number of hydrogen-bond acceptors (Lipinski definition) is 5. The highest BCUT2D eigenvalue weighted by Crippen LogP contribution is 2.21. The van der Waals surface area contributed by atoms with E-state index in [1.807, 2.05) is 6.20 Å². The van der Waals surface area contributed by atoms with Gasteiger partial charge in [0.25, 0.3) is 0 Å². The van der Waals surface area contributed by atoms with E-state index >= 15 is 0 Å². The summed E-state index contributed by atoms with van der Waals surface area (Å²) in [5.41, 5.74) is 5.12. The zero-order chi connectivity index (χ0) is 15.4. The topological polar surface area (TPSA) is 40.2 Å². The summed E-state index contributed by atoms with van der Waals surface area (Å²) in [6.45, 7) is 1.99. The maximum absolute atomic E-state index is 4.52.